The van der Waals surface area contributed by atoms with Gasteiger partial charge in [-0.05, 0) is 49.9 Å². The molecule has 2 fully saturated rings. The Morgan fingerprint density at radius 3 is 2.75 bits per heavy atom. The van der Waals surface area contributed by atoms with Crippen LogP contribution in [-0.4, -0.2) is 64.0 Å². The Bertz CT molecular complexity index is 368. The molecule has 0 amide bonds. The van der Waals surface area contributed by atoms with Crippen molar-refractivity contribution in [3.05, 3.63) is 0 Å². The first kappa shape index (κ1) is 19.5. The monoisotopic (exact) mass is 339 g/mol. The van der Waals surface area contributed by atoms with Gasteiger partial charge in [-0.15, -0.1) is 0 Å². The number of hydrogen-bond acceptors (Lipinski definition) is 3. The van der Waals surface area contributed by atoms with Crippen molar-refractivity contribution in [1.82, 2.24) is 10.2 Å². The molecule has 0 bridgehead atoms. The Kier molecular flexibility index (Phi) is 8.89. The lowest BCUT2D eigenvalue weighted by atomic mass is 9.97. The minimum atomic E-state index is 0.696. The van der Waals surface area contributed by atoms with Gasteiger partial charge < -0.3 is 19.7 Å². The van der Waals surface area contributed by atoms with Gasteiger partial charge in [0.1, 0.15) is 0 Å². The summed E-state index contributed by atoms with van der Waals surface area (Å²) >= 11 is 0. The maximum Gasteiger partial charge on any atom is 0.193 e. The van der Waals surface area contributed by atoms with Crippen LogP contribution in [0.25, 0.3) is 0 Å². The van der Waals surface area contributed by atoms with Gasteiger partial charge in [-0.25, -0.2) is 0 Å². The molecule has 1 unspecified atom stereocenters. The number of hydrogen-bond donors (Lipinski definition) is 1. The van der Waals surface area contributed by atoms with Gasteiger partial charge in [0.2, 0.25) is 0 Å². The fourth-order valence-corrected chi connectivity index (χ4v) is 3.75. The summed E-state index contributed by atoms with van der Waals surface area (Å²) in [6.45, 7) is 11.4. The minimum absolute atomic E-state index is 0.696. The van der Waals surface area contributed by atoms with Crippen molar-refractivity contribution in [2.24, 2.45) is 22.7 Å². The quantitative estimate of drug-likeness (QED) is 0.420. The third kappa shape index (κ3) is 6.98. The summed E-state index contributed by atoms with van der Waals surface area (Å²) in [6.07, 6.45) is 5.96. The fraction of sp³-hybridized carbons (Fsp3) is 0.947. The number of nitrogens with zero attached hydrogens (tertiary/aromatic N) is 2. The van der Waals surface area contributed by atoms with Crippen LogP contribution in [0.4, 0.5) is 0 Å². The molecule has 24 heavy (non-hydrogen) atoms. The predicted molar refractivity (Wildman–Crippen MR) is 99.5 cm³/mol. The standard InChI is InChI=1S/C19H37N3O2/c1-16(2)13-18-5-9-22(14-18)19(20-3)21-8-4-10-24-15-17-6-11-23-12-7-17/h16-18H,4-15H2,1-3H3,(H,20,21). The van der Waals surface area contributed by atoms with Crippen molar-refractivity contribution in [2.45, 2.75) is 46.0 Å². The Morgan fingerprint density at radius 2 is 2.04 bits per heavy atom. The summed E-state index contributed by atoms with van der Waals surface area (Å²) in [5.74, 6) is 3.37. The summed E-state index contributed by atoms with van der Waals surface area (Å²) in [4.78, 5) is 6.86. The third-order valence-electron chi connectivity index (χ3n) is 5.04. The zero-order valence-electron chi connectivity index (χ0n) is 15.9. The molecule has 0 aliphatic carbocycles. The van der Waals surface area contributed by atoms with Crippen molar-refractivity contribution < 1.29 is 9.47 Å². The molecule has 140 valence electrons. The maximum absolute atomic E-state index is 5.83. The first-order valence-electron chi connectivity index (χ1n) is 9.80. The van der Waals surface area contributed by atoms with E-state index >= 15 is 0 Å². The number of likely N-dealkylation sites (tertiary alicyclic amines) is 1. The zero-order chi connectivity index (χ0) is 17.2. The molecular formula is C19H37N3O2. The van der Waals surface area contributed by atoms with Crippen molar-refractivity contribution in [3.63, 3.8) is 0 Å². The highest BCUT2D eigenvalue weighted by atomic mass is 16.5. The van der Waals surface area contributed by atoms with Crippen LogP contribution >= 0.6 is 0 Å². The molecule has 0 aromatic heterocycles. The second-order valence-electron chi connectivity index (χ2n) is 7.69. The van der Waals surface area contributed by atoms with Crippen LogP contribution in [0.3, 0.4) is 0 Å². The molecule has 0 aromatic carbocycles. The van der Waals surface area contributed by atoms with Crippen molar-refractivity contribution >= 4 is 5.96 Å². The highest BCUT2D eigenvalue weighted by Crippen LogP contribution is 2.23. The summed E-state index contributed by atoms with van der Waals surface area (Å²) in [5.41, 5.74) is 0. The second-order valence-corrected chi connectivity index (χ2v) is 7.69. The summed E-state index contributed by atoms with van der Waals surface area (Å²) in [7, 11) is 1.89. The highest BCUT2D eigenvalue weighted by molar-refractivity contribution is 5.80. The number of guanidine groups is 1. The first-order valence-corrected chi connectivity index (χ1v) is 9.80. The molecule has 1 atom stereocenters. The van der Waals surface area contributed by atoms with E-state index in [1.807, 2.05) is 7.05 Å². The predicted octanol–water partition coefficient (Wildman–Crippen LogP) is 2.76. The van der Waals surface area contributed by atoms with Crippen molar-refractivity contribution in [1.29, 1.82) is 0 Å². The lowest BCUT2D eigenvalue weighted by molar-refractivity contribution is 0.0203. The number of ether oxygens (including phenoxy) is 2. The van der Waals surface area contributed by atoms with Gasteiger partial charge in [-0.1, -0.05) is 13.8 Å². The topological polar surface area (TPSA) is 46.1 Å². The number of rotatable bonds is 8. The molecule has 2 heterocycles. The van der Waals surface area contributed by atoms with Gasteiger partial charge in [0.15, 0.2) is 5.96 Å². The van der Waals surface area contributed by atoms with Gasteiger partial charge in [-0.3, -0.25) is 4.99 Å². The van der Waals surface area contributed by atoms with Crippen LogP contribution in [0.15, 0.2) is 4.99 Å². The van der Waals surface area contributed by atoms with Crippen LogP contribution in [0.1, 0.15) is 46.0 Å². The normalized spacial score (nSPS) is 23.2. The summed E-state index contributed by atoms with van der Waals surface area (Å²) in [5, 5.41) is 3.50. The first-order chi connectivity index (χ1) is 11.7. The molecule has 0 spiro atoms. The Balaban J connectivity index is 1.54. The van der Waals surface area contributed by atoms with Gasteiger partial charge in [0, 0.05) is 53.1 Å². The van der Waals surface area contributed by atoms with E-state index in [-0.39, 0.29) is 0 Å². The average Bonchev–Trinajstić information content (AvgIpc) is 3.02. The Hall–Kier alpha value is -0.810. The summed E-state index contributed by atoms with van der Waals surface area (Å²) in [6, 6.07) is 0. The molecule has 5 heteroatoms. The third-order valence-corrected chi connectivity index (χ3v) is 5.04. The SMILES string of the molecule is CN=C(NCCCOCC1CCOCC1)N1CCC(CC(C)C)C1. The van der Waals surface area contributed by atoms with Crippen LogP contribution in [0, 0.1) is 17.8 Å². The lowest BCUT2D eigenvalue weighted by Gasteiger charge is -2.23. The van der Waals surface area contributed by atoms with E-state index in [0.29, 0.717) is 5.92 Å². The van der Waals surface area contributed by atoms with E-state index in [1.54, 1.807) is 0 Å². The van der Waals surface area contributed by atoms with E-state index in [0.717, 1.165) is 83.1 Å². The Morgan fingerprint density at radius 1 is 1.25 bits per heavy atom. The van der Waals surface area contributed by atoms with Gasteiger partial charge in [-0.2, -0.15) is 0 Å². The molecular weight excluding hydrogens is 302 g/mol. The molecule has 2 saturated heterocycles. The molecule has 5 nitrogen and oxygen atoms in total. The fourth-order valence-electron chi connectivity index (χ4n) is 3.75. The van der Waals surface area contributed by atoms with Gasteiger partial charge in [0.05, 0.1) is 0 Å². The van der Waals surface area contributed by atoms with Crippen molar-refractivity contribution in [3.8, 4) is 0 Å². The molecule has 0 saturated carbocycles. The van der Waals surface area contributed by atoms with Gasteiger partial charge >= 0.3 is 0 Å². The molecule has 1 N–H and O–H groups in total. The van der Waals surface area contributed by atoms with Crippen LogP contribution in [0.5, 0.6) is 0 Å². The summed E-state index contributed by atoms with van der Waals surface area (Å²) < 4.78 is 11.2. The zero-order valence-corrected chi connectivity index (χ0v) is 15.9. The molecule has 0 aromatic rings. The smallest absolute Gasteiger partial charge is 0.193 e. The number of aliphatic imine (C=N–C) groups is 1. The lowest BCUT2D eigenvalue weighted by Crippen LogP contribution is -2.40. The second kappa shape index (κ2) is 10.9. The molecule has 2 aliphatic rings. The van der Waals surface area contributed by atoms with E-state index in [9.17, 15) is 0 Å². The van der Waals surface area contributed by atoms with E-state index in [1.165, 1.54) is 12.8 Å². The van der Waals surface area contributed by atoms with E-state index in [4.69, 9.17) is 9.47 Å². The minimum Gasteiger partial charge on any atom is -0.381 e. The highest BCUT2D eigenvalue weighted by Gasteiger charge is 2.25. The van der Waals surface area contributed by atoms with Crippen LogP contribution in [0.2, 0.25) is 0 Å². The van der Waals surface area contributed by atoms with Gasteiger partial charge in [0.25, 0.3) is 0 Å². The molecule has 2 rings (SSSR count). The molecule has 0 radical (unpaired) electrons. The largest absolute Gasteiger partial charge is 0.381 e. The van der Waals surface area contributed by atoms with E-state index < -0.39 is 0 Å². The molecule has 2 aliphatic heterocycles. The van der Waals surface area contributed by atoms with Crippen LogP contribution < -0.4 is 5.32 Å². The Labute approximate surface area is 148 Å². The van der Waals surface area contributed by atoms with Crippen LogP contribution in [-0.2, 0) is 9.47 Å². The average molecular weight is 340 g/mol. The maximum atomic E-state index is 5.83. The van der Waals surface area contributed by atoms with Crippen molar-refractivity contribution in [2.75, 3.05) is 53.1 Å². The van der Waals surface area contributed by atoms with E-state index in [2.05, 4.69) is 29.1 Å². The number of nitrogens with one attached hydrogen (secondary N) is 1.